The van der Waals surface area contributed by atoms with E-state index < -0.39 is 6.04 Å². The van der Waals surface area contributed by atoms with Crippen LogP contribution >= 0.6 is 34.9 Å². The molecule has 2 aliphatic heterocycles. The van der Waals surface area contributed by atoms with Gasteiger partial charge in [0.2, 0.25) is 5.91 Å². The lowest BCUT2D eigenvalue weighted by atomic mass is 10.0. The SMILES string of the molecule is CC(=O)C1=C(CSc2nnc(C)s2)CS[C@@H]2[C@H](NC(=O)Cn3cnnn3)C(=O)N12. The van der Waals surface area contributed by atoms with Gasteiger partial charge in [-0.2, -0.15) is 0 Å². The Balaban J connectivity index is 1.44. The first-order valence-corrected chi connectivity index (χ1v) is 11.4. The zero-order valence-corrected chi connectivity index (χ0v) is 17.9. The second kappa shape index (κ2) is 8.20. The predicted octanol–water partition coefficient (Wildman–Crippen LogP) is -0.132. The predicted molar refractivity (Wildman–Crippen MR) is 106 cm³/mol. The number of β-lactam (4-membered cyclic amide) rings is 1. The number of rotatable bonds is 7. The second-order valence-corrected chi connectivity index (χ2v) is 9.86. The summed E-state index contributed by atoms with van der Waals surface area (Å²) in [6.45, 7) is 3.27. The van der Waals surface area contributed by atoms with E-state index in [0.29, 0.717) is 17.2 Å². The Morgan fingerprint density at radius 2 is 2.21 bits per heavy atom. The van der Waals surface area contributed by atoms with Gasteiger partial charge in [-0.25, -0.2) is 4.68 Å². The van der Waals surface area contributed by atoms with Gasteiger partial charge in [0.05, 0.1) is 5.70 Å². The van der Waals surface area contributed by atoms with Crippen molar-refractivity contribution in [1.29, 1.82) is 0 Å². The van der Waals surface area contributed by atoms with E-state index in [1.54, 1.807) is 0 Å². The van der Waals surface area contributed by atoms with E-state index in [4.69, 9.17) is 0 Å². The molecular formula is C15H16N8O3S3. The summed E-state index contributed by atoms with van der Waals surface area (Å²) in [5, 5.41) is 21.9. The molecule has 1 saturated heterocycles. The minimum absolute atomic E-state index is 0.0767. The molecule has 0 aliphatic carbocycles. The Morgan fingerprint density at radius 1 is 1.38 bits per heavy atom. The van der Waals surface area contributed by atoms with Crippen molar-refractivity contribution < 1.29 is 14.4 Å². The lowest BCUT2D eigenvalue weighted by molar-refractivity contribution is -0.147. The van der Waals surface area contributed by atoms with Gasteiger partial charge in [0.1, 0.15) is 29.3 Å². The van der Waals surface area contributed by atoms with Crippen LogP contribution in [0.3, 0.4) is 0 Å². The summed E-state index contributed by atoms with van der Waals surface area (Å²) < 4.78 is 2.10. The summed E-state index contributed by atoms with van der Waals surface area (Å²) in [4.78, 5) is 38.7. The number of ketones is 1. The number of nitrogens with zero attached hydrogens (tertiary/aromatic N) is 7. The molecule has 2 aromatic rings. The molecule has 2 aromatic heterocycles. The van der Waals surface area contributed by atoms with Gasteiger partial charge in [0, 0.05) is 18.4 Å². The Morgan fingerprint density at radius 3 is 2.86 bits per heavy atom. The molecule has 1 fully saturated rings. The first-order chi connectivity index (χ1) is 13.9. The fourth-order valence-corrected chi connectivity index (χ4v) is 6.36. The van der Waals surface area contributed by atoms with Crippen molar-refractivity contribution in [2.24, 2.45) is 0 Å². The second-order valence-electron chi connectivity index (χ2n) is 6.35. The third-order valence-electron chi connectivity index (χ3n) is 4.27. The molecule has 0 aromatic carbocycles. The van der Waals surface area contributed by atoms with Crippen LogP contribution < -0.4 is 5.32 Å². The molecular weight excluding hydrogens is 436 g/mol. The quantitative estimate of drug-likeness (QED) is 0.447. The maximum atomic E-state index is 12.7. The molecule has 29 heavy (non-hydrogen) atoms. The van der Waals surface area contributed by atoms with Crippen LogP contribution in [0.5, 0.6) is 0 Å². The van der Waals surface area contributed by atoms with Crippen LogP contribution in [0.2, 0.25) is 0 Å². The van der Waals surface area contributed by atoms with Gasteiger partial charge in [0.25, 0.3) is 5.91 Å². The monoisotopic (exact) mass is 452 g/mol. The van der Waals surface area contributed by atoms with E-state index in [1.165, 1.54) is 57.7 Å². The molecule has 2 atom stereocenters. The lowest BCUT2D eigenvalue weighted by Crippen LogP contribution is -2.70. The zero-order valence-electron chi connectivity index (χ0n) is 15.4. The number of thioether (sulfide) groups is 2. The van der Waals surface area contributed by atoms with Gasteiger partial charge in [0.15, 0.2) is 10.1 Å². The summed E-state index contributed by atoms with van der Waals surface area (Å²) in [5.41, 5.74) is 1.32. The fraction of sp³-hybridized carbons (Fsp3) is 0.467. The summed E-state index contributed by atoms with van der Waals surface area (Å²) in [6, 6.07) is -0.668. The van der Waals surface area contributed by atoms with Gasteiger partial charge in [-0.1, -0.05) is 23.1 Å². The van der Waals surface area contributed by atoms with Crippen LogP contribution in [0.15, 0.2) is 21.9 Å². The molecule has 152 valence electrons. The number of aryl methyl sites for hydroxylation is 1. The topological polar surface area (TPSA) is 136 Å². The Labute approximate surface area is 177 Å². The van der Waals surface area contributed by atoms with Crippen LogP contribution in [-0.4, -0.2) is 75.8 Å². The van der Waals surface area contributed by atoms with E-state index in [1.807, 2.05) is 6.92 Å². The van der Waals surface area contributed by atoms with Crippen LogP contribution in [0.1, 0.15) is 11.9 Å². The Kier molecular flexibility index (Phi) is 5.65. The highest BCUT2D eigenvalue weighted by atomic mass is 32.2. The summed E-state index contributed by atoms with van der Waals surface area (Å²) in [7, 11) is 0. The van der Waals surface area contributed by atoms with E-state index in [2.05, 4.69) is 31.0 Å². The number of aromatic nitrogens is 6. The van der Waals surface area contributed by atoms with Crippen molar-refractivity contribution in [1.82, 2.24) is 40.6 Å². The van der Waals surface area contributed by atoms with Crippen LogP contribution in [0.4, 0.5) is 0 Å². The molecule has 0 bridgehead atoms. The van der Waals surface area contributed by atoms with Gasteiger partial charge < -0.3 is 5.32 Å². The van der Waals surface area contributed by atoms with Crippen molar-refractivity contribution in [3.05, 3.63) is 22.6 Å². The molecule has 0 spiro atoms. The number of Topliss-reactive ketones (excluding diaryl/α,β-unsaturated/α-hetero) is 1. The molecule has 0 saturated carbocycles. The Hall–Kier alpha value is -2.32. The first kappa shape index (κ1) is 20.0. The minimum atomic E-state index is -0.668. The number of amides is 2. The molecule has 4 rings (SSSR count). The summed E-state index contributed by atoms with van der Waals surface area (Å²) >= 11 is 4.53. The minimum Gasteiger partial charge on any atom is -0.340 e. The number of fused-ring (bicyclic) bond motifs is 1. The number of tetrazole rings is 1. The van der Waals surface area contributed by atoms with E-state index in [9.17, 15) is 14.4 Å². The van der Waals surface area contributed by atoms with E-state index in [0.717, 1.165) is 14.9 Å². The number of hydrogen-bond acceptors (Lipinski definition) is 11. The molecule has 1 N–H and O–H groups in total. The maximum absolute atomic E-state index is 12.7. The number of hydrogen-bond donors (Lipinski definition) is 1. The maximum Gasteiger partial charge on any atom is 0.253 e. The summed E-state index contributed by atoms with van der Waals surface area (Å²) in [6.07, 6.45) is 1.32. The lowest BCUT2D eigenvalue weighted by Gasteiger charge is -2.50. The summed E-state index contributed by atoms with van der Waals surface area (Å²) in [5.74, 6) is 0.354. The number of carbonyl (C=O) groups excluding carboxylic acids is 3. The number of nitrogens with one attached hydrogen (secondary N) is 1. The smallest absolute Gasteiger partial charge is 0.253 e. The highest BCUT2D eigenvalue weighted by Crippen LogP contribution is 2.41. The van der Waals surface area contributed by atoms with Crippen molar-refractivity contribution >= 4 is 52.5 Å². The van der Waals surface area contributed by atoms with Crippen LogP contribution in [0.25, 0.3) is 0 Å². The van der Waals surface area contributed by atoms with Crippen molar-refractivity contribution in [2.75, 3.05) is 11.5 Å². The van der Waals surface area contributed by atoms with Crippen molar-refractivity contribution in [3.8, 4) is 0 Å². The van der Waals surface area contributed by atoms with Gasteiger partial charge in [-0.3, -0.25) is 19.3 Å². The van der Waals surface area contributed by atoms with Gasteiger partial charge in [-0.15, -0.1) is 27.1 Å². The van der Waals surface area contributed by atoms with Crippen molar-refractivity contribution in [2.45, 2.75) is 36.1 Å². The highest BCUT2D eigenvalue weighted by Gasteiger charge is 2.53. The third kappa shape index (κ3) is 4.04. The Bertz CT molecular complexity index is 989. The zero-order chi connectivity index (χ0) is 20.5. The highest BCUT2D eigenvalue weighted by molar-refractivity contribution is 8.01. The van der Waals surface area contributed by atoms with Crippen molar-refractivity contribution in [3.63, 3.8) is 0 Å². The molecule has 2 amide bonds. The van der Waals surface area contributed by atoms with Gasteiger partial charge >= 0.3 is 0 Å². The van der Waals surface area contributed by atoms with E-state index in [-0.39, 0.29) is 29.5 Å². The molecule has 14 heteroatoms. The number of carbonyl (C=O) groups is 3. The standard InChI is InChI=1S/C15H16N8O3S3/c1-7(24)12-9(5-28-15-19-18-8(2)29-15)4-27-14-11(13(26)23(12)14)17-10(25)3-22-6-16-20-21-22/h6,11,14H,3-5H2,1-2H3,(H,17,25)/t11-,14-/m1/s1. The molecule has 0 radical (unpaired) electrons. The largest absolute Gasteiger partial charge is 0.340 e. The van der Waals surface area contributed by atoms with Crippen LogP contribution in [-0.2, 0) is 20.9 Å². The average molecular weight is 453 g/mol. The molecule has 2 aliphatic rings. The van der Waals surface area contributed by atoms with Gasteiger partial charge in [-0.05, 0) is 22.9 Å². The fourth-order valence-electron chi connectivity index (χ4n) is 3.06. The average Bonchev–Trinajstić information content (AvgIpc) is 3.35. The number of allylic oxidation sites excluding steroid dienone is 1. The first-order valence-electron chi connectivity index (χ1n) is 8.54. The molecule has 11 nitrogen and oxygen atoms in total. The molecule has 4 heterocycles. The van der Waals surface area contributed by atoms with E-state index >= 15 is 0 Å². The normalized spacial score (nSPS) is 21.0. The third-order valence-corrected chi connectivity index (χ3v) is 7.67. The van der Waals surface area contributed by atoms with Crippen LogP contribution in [0, 0.1) is 6.92 Å². The molecule has 0 unspecified atom stereocenters.